The second kappa shape index (κ2) is 3.69. The minimum Gasteiger partial charge on any atom is -0.238 e. The molecule has 0 aliphatic heterocycles. The lowest BCUT2D eigenvalue weighted by Crippen LogP contribution is -2.34. The minimum absolute atomic E-state index is 0.140. The van der Waals surface area contributed by atoms with Crippen LogP contribution in [0.15, 0.2) is 4.60 Å². The summed E-state index contributed by atoms with van der Waals surface area (Å²) in [6.45, 7) is 1.68. The molecule has 0 saturated heterocycles. The fourth-order valence-electron chi connectivity index (χ4n) is 0.830. The van der Waals surface area contributed by atoms with Crippen molar-refractivity contribution >= 4 is 15.9 Å². The fraction of sp³-hybridized carbons (Fsp3) is 0.667. The van der Waals surface area contributed by atoms with Crippen LogP contribution in [0.25, 0.3) is 0 Å². The Morgan fingerprint density at radius 2 is 1.80 bits per heavy atom. The number of hydrogen-bond donors (Lipinski definition) is 0. The van der Waals surface area contributed by atoms with E-state index >= 15 is 0 Å². The van der Waals surface area contributed by atoms with Crippen molar-refractivity contribution in [3.63, 3.8) is 0 Å². The molecule has 0 spiro atoms. The Balaban J connectivity index is 3.22. The van der Waals surface area contributed by atoms with Crippen LogP contribution >= 0.6 is 15.9 Å². The van der Waals surface area contributed by atoms with E-state index in [4.69, 9.17) is 0 Å². The van der Waals surface area contributed by atoms with Crippen LogP contribution in [0.3, 0.4) is 0 Å². The normalized spacial score (nSPS) is 13.3. The fourth-order valence-corrected chi connectivity index (χ4v) is 1.48. The smallest absolute Gasteiger partial charge is 0.238 e. The molecule has 0 N–H and O–H groups in total. The van der Waals surface area contributed by atoms with Gasteiger partial charge >= 0.3 is 12.1 Å². The zero-order valence-electron chi connectivity index (χ0n) is 7.32. The molecule has 3 nitrogen and oxygen atoms in total. The third kappa shape index (κ3) is 1.97. The largest absolute Gasteiger partial charge is 0.459 e. The quantitative estimate of drug-likeness (QED) is 0.785. The van der Waals surface area contributed by atoms with Crippen molar-refractivity contribution in [3.8, 4) is 0 Å². The van der Waals surface area contributed by atoms with E-state index in [0.29, 0.717) is 0 Å². The molecule has 0 saturated carbocycles. The van der Waals surface area contributed by atoms with Crippen molar-refractivity contribution < 1.29 is 22.0 Å². The molecule has 1 heterocycles. The Kier molecular flexibility index (Phi) is 3.04. The lowest BCUT2D eigenvalue weighted by Gasteiger charge is -2.17. The van der Waals surface area contributed by atoms with Crippen molar-refractivity contribution in [2.75, 3.05) is 0 Å². The Morgan fingerprint density at radius 3 is 2.13 bits per heavy atom. The maximum atomic E-state index is 12.8. The Bertz CT molecular complexity index is 358. The van der Waals surface area contributed by atoms with Crippen LogP contribution in [0.1, 0.15) is 12.6 Å². The van der Waals surface area contributed by atoms with E-state index in [2.05, 4.69) is 26.2 Å². The molecule has 0 aromatic carbocycles. The lowest BCUT2D eigenvalue weighted by molar-refractivity contribution is -0.291. The van der Waals surface area contributed by atoms with Gasteiger partial charge in [0.25, 0.3) is 0 Å². The number of hydrogen-bond acceptors (Lipinski definition) is 2. The molecule has 86 valence electrons. The average molecular weight is 294 g/mol. The van der Waals surface area contributed by atoms with Crippen LogP contribution in [0, 0.1) is 0 Å². The van der Waals surface area contributed by atoms with Crippen LogP contribution < -0.4 is 0 Å². The van der Waals surface area contributed by atoms with Gasteiger partial charge in [-0.2, -0.15) is 22.0 Å². The molecule has 0 aliphatic carbocycles. The average Bonchev–Trinajstić information content (AvgIpc) is 2.44. The Hall–Kier alpha value is -0.730. The van der Waals surface area contributed by atoms with E-state index in [0.717, 1.165) is 4.68 Å². The topological polar surface area (TPSA) is 30.7 Å². The molecule has 0 aliphatic rings. The zero-order valence-corrected chi connectivity index (χ0v) is 8.90. The molecule has 0 amide bonds. The molecule has 0 unspecified atom stereocenters. The predicted octanol–water partition coefficient (Wildman–Crippen LogP) is 2.71. The van der Waals surface area contributed by atoms with E-state index in [1.54, 1.807) is 0 Å². The highest BCUT2D eigenvalue weighted by atomic mass is 79.9. The maximum Gasteiger partial charge on any atom is 0.459 e. The Morgan fingerprint density at radius 1 is 1.27 bits per heavy atom. The molecule has 0 fully saturated rings. The first-order valence-corrected chi connectivity index (χ1v) is 4.55. The van der Waals surface area contributed by atoms with Crippen molar-refractivity contribution in [1.82, 2.24) is 15.0 Å². The first-order valence-electron chi connectivity index (χ1n) is 3.75. The van der Waals surface area contributed by atoms with Gasteiger partial charge in [0.15, 0.2) is 5.69 Å². The van der Waals surface area contributed by atoms with Gasteiger partial charge in [-0.25, -0.2) is 4.68 Å². The summed E-state index contributed by atoms with van der Waals surface area (Å²) in [7, 11) is 0. The summed E-state index contributed by atoms with van der Waals surface area (Å²) in [4.78, 5) is 0. The number of aryl methyl sites for hydroxylation is 1. The van der Waals surface area contributed by atoms with Gasteiger partial charge in [0.05, 0.1) is 0 Å². The third-order valence-corrected chi connectivity index (χ3v) is 2.41. The Labute approximate surface area is 89.4 Å². The summed E-state index contributed by atoms with van der Waals surface area (Å²) in [5.41, 5.74) is -1.42. The summed E-state index contributed by atoms with van der Waals surface area (Å²) < 4.78 is 61.9. The minimum atomic E-state index is -5.68. The monoisotopic (exact) mass is 293 g/mol. The standard InChI is InChI=1S/C6H5BrF5N3/c1-2-15-4(7)3(13-14-15)5(8,9)6(10,11)12/h2H2,1H3. The molecular formula is C6H5BrF5N3. The van der Waals surface area contributed by atoms with Gasteiger partial charge in [0, 0.05) is 6.54 Å². The molecule has 0 atom stereocenters. The molecule has 0 radical (unpaired) electrons. The van der Waals surface area contributed by atoms with Gasteiger partial charge in [-0.3, -0.25) is 0 Å². The van der Waals surface area contributed by atoms with Crippen molar-refractivity contribution in [2.24, 2.45) is 0 Å². The number of nitrogens with zero attached hydrogens (tertiary/aromatic N) is 3. The van der Waals surface area contributed by atoms with Gasteiger partial charge in [-0.05, 0) is 22.9 Å². The van der Waals surface area contributed by atoms with Gasteiger partial charge < -0.3 is 0 Å². The summed E-state index contributed by atoms with van der Waals surface area (Å²) in [5, 5.41) is 5.97. The highest BCUT2D eigenvalue weighted by Crippen LogP contribution is 2.45. The second-order valence-electron chi connectivity index (χ2n) is 2.62. The molecule has 1 rings (SSSR count). The highest BCUT2D eigenvalue weighted by Gasteiger charge is 2.61. The zero-order chi connectivity index (χ0) is 11.9. The first-order chi connectivity index (χ1) is 6.71. The molecule has 0 bridgehead atoms. The number of halogens is 6. The van der Waals surface area contributed by atoms with Crippen molar-refractivity contribution in [3.05, 3.63) is 10.3 Å². The van der Waals surface area contributed by atoms with Gasteiger partial charge in [0.1, 0.15) is 4.60 Å². The number of aromatic nitrogens is 3. The molecule has 1 aromatic rings. The molecule has 15 heavy (non-hydrogen) atoms. The van der Waals surface area contributed by atoms with Crippen LogP contribution in [0.2, 0.25) is 0 Å². The summed E-state index contributed by atoms with van der Waals surface area (Å²) >= 11 is 2.60. The third-order valence-electron chi connectivity index (χ3n) is 1.63. The van der Waals surface area contributed by atoms with E-state index in [-0.39, 0.29) is 6.54 Å². The number of rotatable bonds is 2. The first kappa shape index (κ1) is 12.3. The van der Waals surface area contributed by atoms with Gasteiger partial charge in [-0.15, -0.1) is 5.10 Å². The van der Waals surface area contributed by atoms with Crippen LogP contribution in [0.5, 0.6) is 0 Å². The van der Waals surface area contributed by atoms with E-state index in [9.17, 15) is 22.0 Å². The molecular weight excluding hydrogens is 289 g/mol. The van der Waals surface area contributed by atoms with Crippen LogP contribution in [-0.4, -0.2) is 21.2 Å². The summed E-state index contributed by atoms with van der Waals surface area (Å²) in [6, 6.07) is 0. The van der Waals surface area contributed by atoms with E-state index < -0.39 is 22.4 Å². The molecule has 1 aromatic heterocycles. The SMILES string of the molecule is CCn1nnc(C(F)(F)C(F)(F)F)c1Br. The van der Waals surface area contributed by atoms with E-state index in [1.807, 2.05) is 0 Å². The summed E-state index contributed by atoms with van der Waals surface area (Å²) in [6.07, 6.45) is -5.68. The van der Waals surface area contributed by atoms with Crippen LogP contribution in [-0.2, 0) is 12.5 Å². The van der Waals surface area contributed by atoms with Gasteiger partial charge in [-0.1, -0.05) is 5.21 Å². The molecule has 9 heteroatoms. The van der Waals surface area contributed by atoms with Crippen molar-refractivity contribution in [2.45, 2.75) is 25.6 Å². The lowest BCUT2D eigenvalue weighted by atomic mass is 10.2. The van der Waals surface area contributed by atoms with Gasteiger partial charge in [0.2, 0.25) is 0 Å². The maximum absolute atomic E-state index is 12.8. The number of alkyl halides is 5. The second-order valence-corrected chi connectivity index (χ2v) is 3.37. The van der Waals surface area contributed by atoms with Crippen molar-refractivity contribution in [1.29, 1.82) is 0 Å². The predicted molar refractivity (Wildman–Crippen MR) is 43.3 cm³/mol. The summed E-state index contributed by atoms with van der Waals surface area (Å²) in [5.74, 6) is -5.00. The van der Waals surface area contributed by atoms with Crippen LogP contribution in [0.4, 0.5) is 22.0 Å². The highest BCUT2D eigenvalue weighted by molar-refractivity contribution is 9.10. The van der Waals surface area contributed by atoms with E-state index in [1.165, 1.54) is 6.92 Å².